The van der Waals surface area contributed by atoms with E-state index in [0.29, 0.717) is 32.5 Å². The van der Waals surface area contributed by atoms with E-state index >= 15 is 0 Å². The second-order valence-electron chi connectivity index (χ2n) is 6.55. The van der Waals surface area contributed by atoms with Crippen LogP contribution in [0.2, 0.25) is 0 Å². The fraction of sp³-hybridized carbons (Fsp3) is 0.421. The van der Waals surface area contributed by atoms with E-state index in [1.807, 2.05) is 25.2 Å². The first kappa shape index (κ1) is 17.6. The molecule has 0 N–H and O–H groups in total. The van der Waals surface area contributed by atoms with Gasteiger partial charge in [0.1, 0.15) is 0 Å². The topological polar surface area (TPSA) is 53.5 Å². The molecule has 3 rings (SSSR count). The van der Waals surface area contributed by atoms with Crippen LogP contribution in [0.15, 0.2) is 35.8 Å². The van der Waals surface area contributed by atoms with Crippen molar-refractivity contribution >= 4 is 23.2 Å². The molecule has 1 fully saturated rings. The lowest BCUT2D eigenvalue weighted by atomic mass is 9.96. The number of hydrogen-bond donors (Lipinski definition) is 0. The number of nitrogens with zero attached hydrogens (tertiary/aromatic N) is 3. The van der Waals surface area contributed by atoms with Crippen LogP contribution in [0.5, 0.6) is 0 Å². The summed E-state index contributed by atoms with van der Waals surface area (Å²) in [4.78, 5) is 34.1. The molecule has 1 saturated heterocycles. The maximum absolute atomic E-state index is 12.8. The number of carbonyl (C=O) groups excluding carboxylic acids is 2. The van der Waals surface area contributed by atoms with Crippen LogP contribution in [0.3, 0.4) is 0 Å². The number of pyridine rings is 1. The van der Waals surface area contributed by atoms with Gasteiger partial charge in [-0.1, -0.05) is 6.07 Å². The number of carbonyl (C=O) groups is 2. The molecule has 1 aliphatic rings. The van der Waals surface area contributed by atoms with E-state index < -0.39 is 0 Å². The van der Waals surface area contributed by atoms with Crippen LogP contribution < -0.4 is 0 Å². The van der Waals surface area contributed by atoms with E-state index in [4.69, 9.17) is 0 Å². The molecule has 1 aliphatic heterocycles. The van der Waals surface area contributed by atoms with Gasteiger partial charge in [0.25, 0.3) is 0 Å². The first-order chi connectivity index (χ1) is 12.0. The second-order valence-corrected chi connectivity index (χ2v) is 7.55. The van der Waals surface area contributed by atoms with Crippen molar-refractivity contribution in [1.29, 1.82) is 0 Å². The van der Waals surface area contributed by atoms with Crippen LogP contribution in [0.4, 0.5) is 0 Å². The van der Waals surface area contributed by atoms with Crippen molar-refractivity contribution in [2.45, 2.75) is 32.9 Å². The largest absolute Gasteiger partial charge is 0.340 e. The highest BCUT2D eigenvalue weighted by molar-refractivity contribution is 7.10. The summed E-state index contributed by atoms with van der Waals surface area (Å²) in [5.74, 6) is 0.0875. The van der Waals surface area contributed by atoms with E-state index in [2.05, 4.69) is 23.4 Å². The van der Waals surface area contributed by atoms with Gasteiger partial charge in [-0.05, 0) is 42.5 Å². The highest BCUT2D eigenvalue weighted by Gasteiger charge is 2.32. The number of likely N-dealkylation sites (tertiary alicyclic amines) is 1. The Hall–Kier alpha value is -2.21. The SMILES string of the molecule is Cc1ccsc1CN(C)C(=O)[C@H]1CCC(=O)N(Cc2ccccn2)C1. The lowest BCUT2D eigenvalue weighted by Crippen LogP contribution is -2.45. The fourth-order valence-electron chi connectivity index (χ4n) is 3.13. The van der Waals surface area contributed by atoms with Crippen LogP contribution in [-0.4, -0.2) is 40.2 Å². The van der Waals surface area contributed by atoms with Crippen molar-refractivity contribution < 1.29 is 9.59 Å². The van der Waals surface area contributed by atoms with Gasteiger partial charge in [-0.25, -0.2) is 0 Å². The Morgan fingerprint density at radius 2 is 2.24 bits per heavy atom. The van der Waals surface area contributed by atoms with Crippen LogP contribution in [0, 0.1) is 12.8 Å². The molecule has 0 spiro atoms. The quantitative estimate of drug-likeness (QED) is 0.827. The molecule has 6 heteroatoms. The second kappa shape index (κ2) is 7.78. The number of thiophene rings is 1. The van der Waals surface area contributed by atoms with Gasteiger partial charge >= 0.3 is 0 Å². The summed E-state index contributed by atoms with van der Waals surface area (Å²) >= 11 is 1.68. The zero-order chi connectivity index (χ0) is 17.8. The Labute approximate surface area is 152 Å². The molecule has 0 bridgehead atoms. The van der Waals surface area contributed by atoms with Gasteiger partial charge in [-0.15, -0.1) is 11.3 Å². The third kappa shape index (κ3) is 4.25. The fourth-order valence-corrected chi connectivity index (χ4v) is 4.09. The lowest BCUT2D eigenvalue weighted by Gasteiger charge is -2.33. The Balaban J connectivity index is 1.62. The van der Waals surface area contributed by atoms with Crippen molar-refractivity contribution in [1.82, 2.24) is 14.8 Å². The number of aromatic nitrogens is 1. The molecule has 132 valence electrons. The molecule has 2 amide bonds. The van der Waals surface area contributed by atoms with Crippen LogP contribution in [0.1, 0.15) is 29.0 Å². The van der Waals surface area contributed by atoms with Crippen LogP contribution in [-0.2, 0) is 22.7 Å². The third-order valence-electron chi connectivity index (χ3n) is 4.65. The lowest BCUT2D eigenvalue weighted by molar-refractivity contribution is -0.143. The van der Waals surface area contributed by atoms with E-state index in [-0.39, 0.29) is 17.7 Å². The van der Waals surface area contributed by atoms with Crippen molar-refractivity contribution in [3.05, 3.63) is 52.0 Å². The smallest absolute Gasteiger partial charge is 0.227 e. The molecule has 0 saturated carbocycles. The normalized spacial score (nSPS) is 17.6. The molecular formula is C19H23N3O2S. The summed E-state index contributed by atoms with van der Waals surface area (Å²) in [6.45, 7) is 3.64. The van der Waals surface area contributed by atoms with Gasteiger partial charge in [0, 0.05) is 31.1 Å². The molecular weight excluding hydrogens is 334 g/mol. The summed E-state index contributed by atoms with van der Waals surface area (Å²) in [5, 5.41) is 2.05. The van der Waals surface area contributed by atoms with E-state index in [1.54, 1.807) is 27.3 Å². The Bertz CT molecular complexity index is 744. The van der Waals surface area contributed by atoms with Crippen molar-refractivity contribution in [3.8, 4) is 0 Å². The molecule has 5 nitrogen and oxygen atoms in total. The molecule has 0 aromatic carbocycles. The monoisotopic (exact) mass is 357 g/mol. The molecule has 2 aromatic rings. The predicted octanol–water partition coefficient (Wildman–Crippen LogP) is 2.85. The minimum Gasteiger partial charge on any atom is -0.340 e. The number of amides is 2. The Kier molecular flexibility index (Phi) is 5.48. The van der Waals surface area contributed by atoms with Gasteiger partial charge < -0.3 is 9.80 Å². The number of aryl methyl sites for hydroxylation is 1. The summed E-state index contributed by atoms with van der Waals surface area (Å²) < 4.78 is 0. The van der Waals surface area contributed by atoms with Gasteiger partial charge in [0.15, 0.2) is 0 Å². The summed E-state index contributed by atoms with van der Waals surface area (Å²) in [5.41, 5.74) is 2.08. The molecule has 1 atom stereocenters. The van der Waals surface area contributed by atoms with Gasteiger partial charge in [-0.2, -0.15) is 0 Å². The number of hydrogen-bond acceptors (Lipinski definition) is 4. The average molecular weight is 357 g/mol. The zero-order valence-corrected chi connectivity index (χ0v) is 15.5. The zero-order valence-electron chi connectivity index (χ0n) is 14.6. The number of piperidine rings is 1. The Morgan fingerprint density at radius 3 is 2.92 bits per heavy atom. The van der Waals surface area contributed by atoms with Gasteiger partial charge in [-0.3, -0.25) is 14.6 Å². The van der Waals surface area contributed by atoms with E-state index in [9.17, 15) is 9.59 Å². The predicted molar refractivity (Wildman–Crippen MR) is 97.9 cm³/mol. The minimum absolute atomic E-state index is 0.103. The summed E-state index contributed by atoms with van der Waals surface area (Å²) in [7, 11) is 1.85. The van der Waals surface area contributed by atoms with Crippen molar-refractivity contribution in [2.75, 3.05) is 13.6 Å². The maximum atomic E-state index is 12.8. The summed E-state index contributed by atoms with van der Waals surface area (Å²) in [6, 6.07) is 7.75. The van der Waals surface area contributed by atoms with E-state index in [0.717, 1.165) is 5.69 Å². The molecule has 0 unspecified atom stereocenters. The standard InChI is InChI=1S/C19H23N3O2S/c1-14-8-10-25-17(14)13-21(2)19(24)15-6-7-18(23)22(11-15)12-16-5-3-4-9-20-16/h3-5,8-10,15H,6-7,11-13H2,1-2H3/t15-/m0/s1. The summed E-state index contributed by atoms with van der Waals surface area (Å²) in [6.07, 6.45) is 2.78. The number of rotatable bonds is 5. The first-order valence-electron chi connectivity index (χ1n) is 8.50. The van der Waals surface area contributed by atoms with Gasteiger partial charge in [0.2, 0.25) is 11.8 Å². The van der Waals surface area contributed by atoms with Crippen LogP contribution >= 0.6 is 11.3 Å². The van der Waals surface area contributed by atoms with Crippen molar-refractivity contribution in [2.24, 2.45) is 5.92 Å². The van der Waals surface area contributed by atoms with Crippen molar-refractivity contribution in [3.63, 3.8) is 0 Å². The highest BCUT2D eigenvalue weighted by atomic mass is 32.1. The molecule has 0 aliphatic carbocycles. The molecule has 3 heterocycles. The third-order valence-corrected chi connectivity index (χ3v) is 5.66. The maximum Gasteiger partial charge on any atom is 0.227 e. The average Bonchev–Trinajstić information content (AvgIpc) is 3.02. The van der Waals surface area contributed by atoms with Gasteiger partial charge in [0.05, 0.1) is 24.7 Å². The molecule has 0 radical (unpaired) electrons. The minimum atomic E-state index is -0.133. The highest BCUT2D eigenvalue weighted by Crippen LogP contribution is 2.23. The Morgan fingerprint density at radius 1 is 1.40 bits per heavy atom. The van der Waals surface area contributed by atoms with Crippen LogP contribution in [0.25, 0.3) is 0 Å². The van der Waals surface area contributed by atoms with E-state index in [1.165, 1.54) is 10.4 Å². The molecule has 25 heavy (non-hydrogen) atoms. The molecule has 2 aromatic heterocycles. The first-order valence-corrected chi connectivity index (χ1v) is 9.38.